The van der Waals surface area contributed by atoms with E-state index in [-0.39, 0.29) is 12.4 Å². The third kappa shape index (κ3) is 5.69. The van der Waals surface area contributed by atoms with Crippen molar-refractivity contribution in [2.75, 3.05) is 6.61 Å². The van der Waals surface area contributed by atoms with E-state index in [1.165, 1.54) is 0 Å². The number of carbonyl (C=O) groups is 2. The number of hydrogen-bond acceptors (Lipinski definition) is 3. The maximum atomic E-state index is 12.1. The molecule has 1 N–H and O–H groups in total. The minimum Gasteiger partial charge on any atom is -0.450 e. The second-order valence-corrected chi connectivity index (χ2v) is 4.40. The molecular formula is C16H21NO3. The predicted molar refractivity (Wildman–Crippen MR) is 78.5 cm³/mol. The van der Waals surface area contributed by atoms with Gasteiger partial charge in [-0.1, -0.05) is 36.4 Å². The lowest BCUT2D eigenvalue weighted by molar-refractivity contribution is -0.120. The van der Waals surface area contributed by atoms with Gasteiger partial charge in [-0.3, -0.25) is 4.79 Å². The van der Waals surface area contributed by atoms with E-state index in [1.807, 2.05) is 30.3 Å². The lowest BCUT2D eigenvalue weighted by atomic mass is 10.00. The van der Waals surface area contributed by atoms with Crippen molar-refractivity contribution in [1.82, 2.24) is 5.32 Å². The van der Waals surface area contributed by atoms with Gasteiger partial charge in [0.1, 0.15) is 0 Å². The average Bonchev–Trinajstić information content (AvgIpc) is 2.45. The molecule has 0 aromatic heterocycles. The molecule has 108 valence electrons. The van der Waals surface area contributed by atoms with Crippen LogP contribution < -0.4 is 5.32 Å². The SMILES string of the molecule is C=CCCC(=O)[C@H](Cc1ccccc1)NC(=O)OCC. The monoisotopic (exact) mass is 275 g/mol. The summed E-state index contributed by atoms with van der Waals surface area (Å²) in [6.45, 7) is 5.61. The van der Waals surface area contributed by atoms with Crippen molar-refractivity contribution in [3.05, 3.63) is 48.6 Å². The molecule has 0 aliphatic heterocycles. The molecule has 20 heavy (non-hydrogen) atoms. The molecule has 0 unspecified atom stereocenters. The molecule has 1 amide bonds. The first-order valence-electron chi connectivity index (χ1n) is 6.78. The van der Waals surface area contributed by atoms with E-state index in [4.69, 9.17) is 4.74 Å². The highest BCUT2D eigenvalue weighted by atomic mass is 16.5. The van der Waals surface area contributed by atoms with E-state index < -0.39 is 12.1 Å². The molecule has 1 aromatic carbocycles. The van der Waals surface area contributed by atoms with Gasteiger partial charge in [0.15, 0.2) is 5.78 Å². The van der Waals surface area contributed by atoms with E-state index >= 15 is 0 Å². The fourth-order valence-electron chi connectivity index (χ4n) is 1.83. The fraction of sp³-hybridized carbons (Fsp3) is 0.375. The number of benzene rings is 1. The van der Waals surface area contributed by atoms with Gasteiger partial charge in [-0.25, -0.2) is 4.79 Å². The Balaban J connectivity index is 2.70. The van der Waals surface area contributed by atoms with Crippen molar-refractivity contribution in [2.24, 2.45) is 0 Å². The van der Waals surface area contributed by atoms with Crippen LogP contribution in [0.25, 0.3) is 0 Å². The number of amides is 1. The second kappa shape index (κ2) is 8.91. The van der Waals surface area contributed by atoms with Crippen LogP contribution in [0.3, 0.4) is 0 Å². The number of nitrogens with one attached hydrogen (secondary N) is 1. The van der Waals surface area contributed by atoms with E-state index in [2.05, 4.69) is 11.9 Å². The topological polar surface area (TPSA) is 55.4 Å². The van der Waals surface area contributed by atoms with E-state index in [1.54, 1.807) is 13.0 Å². The van der Waals surface area contributed by atoms with Crippen molar-refractivity contribution in [3.63, 3.8) is 0 Å². The summed E-state index contributed by atoms with van der Waals surface area (Å²) in [4.78, 5) is 23.6. The highest BCUT2D eigenvalue weighted by Crippen LogP contribution is 2.07. The van der Waals surface area contributed by atoms with Crippen molar-refractivity contribution < 1.29 is 14.3 Å². The highest BCUT2D eigenvalue weighted by Gasteiger charge is 2.20. The average molecular weight is 275 g/mol. The Morgan fingerprint density at radius 1 is 1.35 bits per heavy atom. The maximum Gasteiger partial charge on any atom is 0.407 e. The molecule has 0 aliphatic rings. The number of carbonyl (C=O) groups excluding carboxylic acids is 2. The first-order valence-corrected chi connectivity index (χ1v) is 6.78. The summed E-state index contributed by atoms with van der Waals surface area (Å²) in [5.74, 6) is -0.0122. The minimum atomic E-state index is -0.559. The third-order valence-corrected chi connectivity index (χ3v) is 2.83. The summed E-state index contributed by atoms with van der Waals surface area (Å²) in [5, 5.41) is 2.63. The zero-order valence-corrected chi connectivity index (χ0v) is 11.8. The molecule has 0 aliphatic carbocycles. The van der Waals surface area contributed by atoms with Crippen molar-refractivity contribution in [1.29, 1.82) is 0 Å². The molecule has 0 bridgehead atoms. The number of ketones is 1. The minimum absolute atomic E-state index is 0.0122. The van der Waals surface area contributed by atoms with Crippen LogP contribution in [-0.4, -0.2) is 24.5 Å². The van der Waals surface area contributed by atoms with Gasteiger partial charge < -0.3 is 10.1 Å². The molecular weight excluding hydrogens is 254 g/mol. The van der Waals surface area contributed by atoms with Crippen molar-refractivity contribution in [2.45, 2.75) is 32.2 Å². The molecule has 0 saturated carbocycles. The predicted octanol–water partition coefficient (Wildman–Crippen LogP) is 2.88. The first kappa shape index (κ1) is 16.0. The molecule has 0 fully saturated rings. The van der Waals surface area contributed by atoms with Crippen LogP contribution in [0.1, 0.15) is 25.3 Å². The van der Waals surface area contributed by atoms with Crippen LogP contribution in [0.4, 0.5) is 4.79 Å². The molecule has 1 aromatic rings. The van der Waals surface area contributed by atoms with Crippen molar-refractivity contribution in [3.8, 4) is 0 Å². The number of rotatable bonds is 8. The molecule has 1 rings (SSSR count). The number of allylic oxidation sites excluding steroid dienone is 1. The number of Topliss-reactive ketones (excluding diaryl/α,β-unsaturated/α-hetero) is 1. The van der Waals surface area contributed by atoms with Gasteiger partial charge in [0.2, 0.25) is 0 Å². The summed E-state index contributed by atoms with van der Waals surface area (Å²) in [5.41, 5.74) is 1.00. The largest absolute Gasteiger partial charge is 0.450 e. The van der Waals surface area contributed by atoms with E-state index in [9.17, 15) is 9.59 Å². The van der Waals surface area contributed by atoms with Crippen LogP contribution in [0.15, 0.2) is 43.0 Å². The fourth-order valence-corrected chi connectivity index (χ4v) is 1.83. The molecule has 1 atom stereocenters. The van der Waals surface area contributed by atoms with Crippen LogP contribution in [-0.2, 0) is 16.0 Å². The smallest absolute Gasteiger partial charge is 0.407 e. The summed E-state index contributed by atoms with van der Waals surface area (Å²) >= 11 is 0. The standard InChI is InChI=1S/C16H21NO3/c1-3-5-11-15(18)14(17-16(19)20-4-2)12-13-9-7-6-8-10-13/h3,6-10,14H,1,4-5,11-12H2,2H3,(H,17,19)/t14-/m0/s1. The summed E-state index contributed by atoms with van der Waals surface area (Å²) in [6.07, 6.45) is 2.58. The second-order valence-electron chi connectivity index (χ2n) is 4.40. The Hall–Kier alpha value is -2.10. The number of hydrogen-bond donors (Lipinski definition) is 1. The van der Waals surface area contributed by atoms with Gasteiger partial charge >= 0.3 is 6.09 Å². The number of ether oxygens (including phenoxy) is 1. The quantitative estimate of drug-likeness (QED) is 0.742. The molecule has 0 heterocycles. The summed E-state index contributed by atoms with van der Waals surface area (Å²) in [7, 11) is 0. The highest BCUT2D eigenvalue weighted by molar-refractivity contribution is 5.87. The van der Waals surface area contributed by atoms with Crippen LogP contribution in [0, 0.1) is 0 Å². The zero-order valence-electron chi connectivity index (χ0n) is 11.8. The Morgan fingerprint density at radius 3 is 2.65 bits per heavy atom. The molecule has 4 nitrogen and oxygen atoms in total. The maximum absolute atomic E-state index is 12.1. The molecule has 0 spiro atoms. The normalized spacial score (nSPS) is 11.4. The van der Waals surface area contributed by atoms with Crippen LogP contribution in [0.5, 0.6) is 0 Å². The summed E-state index contributed by atoms with van der Waals surface area (Å²) < 4.78 is 4.84. The Bertz CT molecular complexity index is 442. The third-order valence-electron chi connectivity index (χ3n) is 2.83. The van der Waals surface area contributed by atoms with Gasteiger partial charge in [-0.15, -0.1) is 6.58 Å². The van der Waals surface area contributed by atoms with Gasteiger partial charge in [0, 0.05) is 6.42 Å². The lowest BCUT2D eigenvalue weighted by Gasteiger charge is -2.17. The first-order chi connectivity index (χ1) is 9.67. The van der Waals surface area contributed by atoms with Crippen LogP contribution >= 0.6 is 0 Å². The zero-order chi connectivity index (χ0) is 14.8. The summed E-state index contributed by atoms with van der Waals surface area (Å²) in [6, 6.07) is 9.03. The lowest BCUT2D eigenvalue weighted by Crippen LogP contribution is -2.42. The van der Waals surface area contributed by atoms with E-state index in [0.29, 0.717) is 19.3 Å². The Labute approximate surface area is 119 Å². The molecule has 0 radical (unpaired) electrons. The van der Waals surface area contributed by atoms with Gasteiger partial charge in [-0.05, 0) is 25.3 Å². The van der Waals surface area contributed by atoms with Crippen molar-refractivity contribution >= 4 is 11.9 Å². The van der Waals surface area contributed by atoms with Gasteiger partial charge in [0.05, 0.1) is 12.6 Å². The Morgan fingerprint density at radius 2 is 2.05 bits per heavy atom. The molecule has 0 saturated heterocycles. The molecule has 4 heteroatoms. The van der Waals surface area contributed by atoms with Gasteiger partial charge in [0.25, 0.3) is 0 Å². The number of alkyl carbamates (subject to hydrolysis) is 1. The van der Waals surface area contributed by atoms with Gasteiger partial charge in [-0.2, -0.15) is 0 Å². The van der Waals surface area contributed by atoms with E-state index in [0.717, 1.165) is 5.56 Å². The van der Waals surface area contributed by atoms with Crippen LogP contribution in [0.2, 0.25) is 0 Å². The Kier molecular flexibility index (Phi) is 7.11.